The molecule has 0 saturated heterocycles. The molecule has 0 spiro atoms. The molecule has 2 aromatic carbocycles. The van der Waals surface area contributed by atoms with E-state index in [0.717, 1.165) is 29.2 Å². The molecule has 0 N–H and O–H groups in total. The van der Waals surface area contributed by atoms with E-state index < -0.39 is 0 Å². The summed E-state index contributed by atoms with van der Waals surface area (Å²) in [7, 11) is 0. The molecule has 0 unspecified atom stereocenters. The lowest BCUT2D eigenvalue weighted by Gasteiger charge is -2.16. The second-order valence-electron chi connectivity index (χ2n) is 8.36. The number of hydrogen-bond donors (Lipinski definition) is 0. The van der Waals surface area contributed by atoms with Crippen LogP contribution in [-0.4, -0.2) is 11.4 Å². The first-order valence-corrected chi connectivity index (χ1v) is 11.3. The van der Waals surface area contributed by atoms with Crippen LogP contribution in [0.5, 0.6) is 0 Å². The molecule has 1 aliphatic rings. The molecule has 0 aromatic heterocycles. The lowest BCUT2D eigenvalue weighted by molar-refractivity contribution is 1.28. The highest BCUT2D eigenvalue weighted by molar-refractivity contribution is 8.08. The van der Waals surface area contributed by atoms with Gasteiger partial charge >= 0.3 is 0 Å². The molecule has 3 heteroatoms. The Balaban J connectivity index is 1.85. The number of hydrogen-bond acceptors (Lipinski definition) is 3. The summed E-state index contributed by atoms with van der Waals surface area (Å²) in [4.78, 5) is 12.4. The molecule has 1 heterocycles. The summed E-state index contributed by atoms with van der Waals surface area (Å²) in [5, 5.41) is 0. The van der Waals surface area contributed by atoms with Crippen molar-refractivity contribution in [3.63, 3.8) is 0 Å². The van der Waals surface area contributed by atoms with Crippen LogP contribution in [0.25, 0.3) is 0 Å². The zero-order valence-electron chi connectivity index (χ0n) is 19.5. The second-order valence-corrected chi connectivity index (χ2v) is 9.45. The Labute approximate surface area is 185 Å². The van der Waals surface area contributed by atoms with Crippen molar-refractivity contribution in [1.82, 2.24) is 0 Å². The Morgan fingerprint density at radius 3 is 1.30 bits per heavy atom. The van der Waals surface area contributed by atoms with Crippen LogP contribution in [0.15, 0.2) is 56.2 Å². The summed E-state index contributed by atoms with van der Waals surface area (Å²) in [6, 6.07) is 8.82. The first-order valence-electron chi connectivity index (χ1n) is 10.5. The second kappa shape index (κ2) is 9.18. The largest absolute Gasteiger partial charge is 0.252 e. The molecule has 0 amide bonds. The summed E-state index contributed by atoms with van der Waals surface area (Å²) in [6.07, 6.45) is 5.44. The van der Waals surface area contributed by atoms with E-state index in [1.165, 1.54) is 43.2 Å². The van der Waals surface area contributed by atoms with E-state index in [4.69, 9.17) is 9.98 Å². The maximum absolute atomic E-state index is 5.00. The van der Waals surface area contributed by atoms with Gasteiger partial charge in [-0.15, -0.1) is 0 Å². The van der Waals surface area contributed by atoms with Crippen LogP contribution in [0.2, 0.25) is 0 Å². The Kier molecular flexibility index (Phi) is 6.82. The Morgan fingerprint density at radius 2 is 0.967 bits per heavy atom. The molecule has 0 fully saturated rings. The van der Waals surface area contributed by atoms with E-state index in [0.29, 0.717) is 0 Å². The molecule has 1 aliphatic heterocycles. The van der Waals surface area contributed by atoms with E-state index in [-0.39, 0.29) is 0 Å². The van der Waals surface area contributed by atoms with Crippen molar-refractivity contribution in [3.05, 3.63) is 79.6 Å². The minimum absolute atomic E-state index is 0.912. The fourth-order valence-corrected chi connectivity index (χ4v) is 5.04. The van der Waals surface area contributed by atoms with E-state index in [1.54, 1.807) is 11.8 Å². The van der Waals surface area contributed by atoms with Crippen molar-refractivity contribution in [1.29, 1.82) is 0 Å². The molecule has 2 aromatic rings. The van der Waals surface area contributed by atoms with Gasteiger partial charge in [-0.05, 0) is 84.1 Å². The molecule has 0 radical (unpaired) electrons. The molecule has 0 aliphatic carbocycles. The highest BCUT2D eigenvalue weighted by Crippen LogP contribution is 2.36. The van der Waals surface area contributed by atoms with Gasteiger partial charge in [-0.25, -0.2) is 0 Å². The zero-order valence-corrected chi connectivity index (χ0v) is 20.3. The average molecular weight is 417 g/mol. The van der Waals surface area contributed by atoms with Gasteiger partial charge in [-0.2, -0.15) is 0 Å². The summed E-state index contributed by atoms with van der Waals surface area (Å²) in [5.41, 5.74) is 11.8. The number of thioether (sulfide) groups is 1. The van der Waals surface area contributed by atoms with Gasteiger partial charge in [0.1, 0.15) is 0 Å². The number of nitrogens with zero attached hydrogens (tertiary/aromatic N) is 2. The van der Waals surface area contributed by atoms with Gasteiger partial charge < -0.3 is 0 Å². The van der Waals surface area contributed by atoms with Gasteiger partial charge in [0.05, 0.1) is 22.8 Å². The monoisotopic (exact) mass is 416 g/mol. The van der Waals surface area contributed by atoms with Crippen LogP contribution in [-0.2, 0) is 0 Å². The third kappa shape index (κ3) is 5.02. The van der Waals surface area contributed by atoms with Crippen molar-refractivity contribution in [2.45, 2.75) is 61.8 Å². The zero-order chi connectivity index (χ0) is 22.0. The van der Waals surface area contributed by atoms with Crippen molar-refractivity contribution in [3.8, 4) is 0 Å². The van der Waals surface area contributed by atoms with E-state index in [2.05, 4.69) is 91.8 Å². The summed E-state index contributed by atoms with van der Waals surface area (Å²) in [6.45, 7) is 17.1. The summed E-state index contributed by atoms with van der Waals surface area (Å²) in [5.74, 6) is 0. The molecular weight excluding hydrogens is 384 g/mol. The Morgan fingerprint density at radius 1 is 0.633 bits per heavy atom. The topological polar surface area (TPSA) is 24.7 Å². The number of rotatable bonds is 4. The van der Waals surface area contributed by atoms with Gasteiger partial charge in [-0.1, -0.05) is 59.3 Å². The summed E-state index contributed by atoms with van der Waals surface area (Å²) >= 11 is 1.78. The van der Waals surface area contributed by atoms with Crippen molar-refractivity contribution >= 4 is 34.6 Å². The maximum atomic E-state index is 5.00. The van der Waals surface area contributed by atoms with Crippen molar-refractivity contribution in [2.24, 2.45) is 9.98 Å². The first-order chi connectivity index (χ1) is 14.2. The number of aryl methyl sites for hydroxylation is 6. The van der Waals surface area contributed by atoms with E-state index in [9.17, 15) is 0 Å². The molecule has 0 atom stereocenters. The molecule has 156 valence electrons. The maximum Gasteiger partial charge on any atom is 0.0691 e. The van der Waals surface area contributed by atoms with Crippen LogP contribution in [0.3, 0.4) is 0 Å². The molecule has 3 rings (SSSR count). The summed E-state index contributed by atoms with van der Waals surface area (Å²) < 4.78 is 0. The highest BCUT2D eigenvalue weighted by Gasteiger charge is 2.15. The molecule has 0 saturated carbocycles. The fourth-order valence-electron chi connectivity index (χ4n) is 4.06. The first kappa shape index (κ1) is 22.3. The predicted molar refractivity (Wildman–Crippen MR) is 135 cm³/mol. The van der Waals surface area contributed by atoms with Crippen LogP contribution in [0, 0.1) is 41.5 Å². The van der Waals surface area contributed by atoms with Crippen LogP contribution in [0.1, 0.15) is 53.6 Å². The Bertz CT molecular complexity index is 980. The number of allylic oxidation sites excluding steroid dienone is 4. The molecule has 0 bridgehead atoms. The standard InChI is InChI=1S/C27H32N2S/c1-16-12-18(3)26(19(4)13-16)28-22(7)24-10-9-11-25(30-24)23(8)29-27-20(5)14-17(2)15-21(27)6/h10-15H,9H2,1-8H3. The number of benzene rings is 2. The normalized spacial score (nSPS) is 15.2. The molecule has 2 nitrogen and oxygen atoms in total. The van der Waals surface area contributed by atoms with Gasteiger partial charge in [0.15, 0.2) is 0 Å². The molecule has 30 heavy (non-hydrogen) atoms. The third-order valence-corrected chi connectivity index (χ3v) is 6.73. The minimum Gasteiger partial charge on any atom is -0.252 e. The molecular formula is C27H32N2S. The predicted octanol–water partition coefficient (Wildman–Crippen LogP) is 8.33. The van der Waals surface area contributed by atoms with Crippen LogP contribution in [0.4, 0.5) is 11.4 Å². The van der Waals surface area contributed by atoms with Crippen LogP contribution < -0.4 is 0 Å². The quantitative estimate of drug-likeness (QED) is 0.460. The Hall–Kier alpha value is -2.39. The smallest absolute Gasteiger partial charge is 0.0691 e. The van der Waals surface area contributed by atoms with Crippen LogP contribution >= 0.6 is 11.8 Å². The van der Waals surface area contributed by atoms with Gasteiger partial charge in [0, 0.05) is 9.81 Å². The van der Waals surface area contributed by atoms with Crippen molar-refractivity contribution in [2.75, 3.05) is 0 Å². The fraction of sp³-hybridized carbons (Fsp3) is 0.333. The SMILES string of the molecule is CC(=Nc1c(C)cc(C)cc1C)C1=CCC=C(C(C)=Nc2c(C)cc(C)cc2C)S1. The van der Waals surface area contributed by atoms with Gasteiger partial charge in [0.2, 0.25) is 0 Å². The van der Waals surface area contributed by atoms with Crippen molar-refractivity contribution < 1.29 is 0 Å². The number of aliphatic imine (C=N–C) groups is 2. The third-order valence-electron chi connectivity index (χ3n) is 5.37. The van der Waals surface area contributed by atoms with E-state index >= 15 is 0 Å². The lowest BCUT2D eigenvalue weighted by atomic mass is 10.1. The van der Waals surface area contributed by atoms with Gasteiger partial charge in [-0.3, -0.25) is 9.98 Å². The highest BCUT2D eigenvalue weighted by atomic mass is 32.2. The lowest BCUT2D eigenvalue weighted by Crippen LogP contribution is -2.03. The minimum atomic E-state index is 0.912. The van der Waals surface area contributed by atoms with E-state index in [1.807, 2.05) is 0 Å². The average Bonchev–Trinajstić information content (AvgIpc) is 2.67. The van der Waals surface area contributed by atoms with Gasteiger partial charge in [0.25, 0.3) is 0 Å².